The Balaban J connectivity index is 1.65. The predicted octanol–water partition coefficient (Wildman–Crippen LogP) is 1.54. The largest absolute Gasteiger partial charge is 0.379 e. The quantitative estimate of drug-likeness (QED) is 0.711. The highest BCUT2D eigenvalue weighted by atomic mass is 16.5. The predicted molar refractivity (Wildman–Crippen MR) is 84.6 cm³/mol. The standard InChI is InChI=1S/C16H24N4O/c1-19(2)11-13-21-12-9-17-14-15-8-10-20(18-15)16-6-4-3-5-7-16/h3-8,10,17H,9,11-14H2,1-2H3. The van der Waals surface area contributed by atoms with E-state index in [4.69, 9.17) is 4.74 Å². The summed E-state index contributed by atoms with van der Waals surface area (Å²) in [4.78, 5) is 2.11. The minimum absolute atomic E-state index is 0.729. The van der Waals surface area contributed by atoms with E-state index in [1.54, 1.807) is 0 Å². The summed E-state index contributed by atoms with van der Waals surface area (Å²) in [5.74, 6) is 0. The lowest BCUT2D eigenvalue weighted by atomic mass is 10.3. The first-order valence-electron chi connectivity index (χ1n) is 7.29. The van der Waals surface area contributed by atoms with Gasteiger partial charge in [0.1, 0.15) is 0 Å². The maximum atomic E-state index is 5.53. The fourth-order valence-corrected chi connectivity index (χ4v) is 1.89. The van der Waals surface area contributed by atoms with Crippen molar-refractivity contribution in [2.24, 2.45) is 0 Å². The van der Waals surface area contributed by atoms with Gasteiger partial charge in [-0.1, -0.05) is 18.2 Å². The van der Waals surface area contributed by atoms with Crippen LogP contribution in [0.3, 0.4) is 0 Å². The van der Waals surface area contributed by atoms with Gasteiger partial charge in [0, 0.05) is 25.8 Å². The summed E-state index contributed by atoms with van der Waals surface area (Å²) in [6.07, 6.45) is 1.99. The molecule has 0 aliphatic heterocycles. The van der Waals surface area contributed by atoms with E-state index in [0.29, 0.717) is 0 Å². The van der Waals surface area contributed by atoms with Crippen LogP contribution in [-0.2, 0) is 11.3 Å². The van der Waals surface area contributed by atoms with E-state index in [0.717, 1.165) is 44.2 Å². The van der Waals surface area contributed by atoms with Crippen LogP contribution in [0.5, 0.6) is 0 Å². The third-order valence-corrected chi connectivity index (χ3v) is 3.08. The van der Waals surface area contributed by atoms with Crippen molar-refractivity contribution in [2.75, 3.05) is 40.4 Å². The highest BCUT2D eigenvalue weighted by Gasteiger charge is 2.00. The van der Waals surface area contributed by atoms with Gasteiger partial charge in [-0.25, -0.2) is 4.68 Å². The Hall–Kier alpha value is -1.69. The average molecular weight is 288 g/mol. The normalized spacial score (nSPS) is 11.2. The van der Waals surface area contributed by atoms with Gasteiger partial charge in [0.15, 0.2) is 0 Å². The molecular weight excluding hydrogens is 264 g/mol. The maximum Gasteiger partial charge on any atom is 0.0766 e. The van der Waals surface area contributed by atoms with E-state index < -0.39 is 0 Å². The first kappa shape index (κ1) is 15.7. The second-order valence-electron chi connectivity index (χ2n) is 5.18. The van der Waals surface area contributed by atoms with E-state index in [1.165, 1.54) is 0 Å². The van der Waals surface area contributed by atoms with Gasteiger partial charge < -0.3 is 15.0 Å². The molecule has 5 heteroatoms. The molecule has 2 rings (SSSR count). The summed E-state index contributed by atoms with van der Waals surface area (Å²) in [6, 6.07) is 12.2. The lowest BCUT2D eigenvalue weighted by molar-refractivity contribution is 0.119. The smallest absolute Gasteiger partial charge is 0.0766 e. The van der Waals surface area contributed by atoms with Crippen LogP contribution in [-0.4, -0.2) is 55.1 Å². The Labute approximate surface area is 126 Å². The highest BCUT2D eigenvalue weighted by Crippen LogP contribution is 2.06. The van der Waals surface area contributed by atoms with Crippen LogP contribution in [0.2, 0.25) is 0 Å². The van der Waals surface area contributed by atoms with Crippen molar-refractivity contribution in [3.63, 3.8) is 0 Å². The number of nitrogens with zero attached hydrogens (tertiary/aromatic N) is 3. The molecular formula is C16H24N4O. The molecule has 0 radical (unpaired) electrons. The topological polar surface area (TPSA) is 42.3 Å². The van der Waals surface area contributed by atoms with Crippen molar-refractivity contribution < 1.29 is 4.74 Å². The zero-order valence-corrected chi connectivity index (χ0v) is 12.8. The molecule has 0 aliphatic carbocycles. The Kier molecular flexibility index (Phi) is 6.40. The minimum atomic E-state index is 0.729. The van der Waals surface area contributed by atoms with Crippen LogP contribution in [0, 0.1) is 0 Å². The van der Waals surface area contributed by atoms with Crippen molar-refractivity contribution in [1.29, 1.82) is 0 Å². The molecule has 1 aromatic heterocycles. The Morgan fingerprint density at radius 3 is 2.71 bits per heavy atom. The maximum absolute atomic E-state index is 5.53. The molecule has 5 nitrogen and oxygen atoms in total. The van der Waals surface area contributed by atoms with E-state index in [9.17, 15) is 0 Å². The van der Waals surface area contributed by atoms with Crippen LogP contribution < -0.4 is 5.32 Å². The van der Waals surface area contributed by atoms with Gasteiger partial charge in [-0.15, -0.1) is 0 Å². The molecule has 0 spiro atoms. The Morgan fingerprint density at radius 2 is 1.95 bits per heavy atom. The monoisotopic (exact) mass is 288 g/mol. The summed E-state index contributed by atoms with van der Waals surface area (Å²) in [5, 5.41) is 7.88. The average Bonchev–Trinajstić information content (AvgIpc) is 2.96. The summed E-state index contributed by atoms with van der Waals surface area (Å²) in [5.41, 5.74) is 2.11. The molecule has 1 heterocycles. The second-order valence-corrected chi connectivity index (χ2v) is 5.18. The van der Waals surface area contributed by atoms with Crippen LogP contribution in [0.1, 0.15) is 5.69 Å². The molecule has 2 aromatic rings. The van der Waals surface area contributed by atoms with E-state index in [-0.39, 0.29) is 0 Å². The minimum Gasteiger partial charge on any atom is -0.379 e. The number of ether oxygens (including phenoxy) is 1. The van der Waals surface area contributed by atoms with Gasteiger partial charge in [0.25, 0.3) is 0 Å². The van der Waals surface area contributed by atoms with Crippen molar-refractivity contribution in [2.45, 2.75) is 6.54 Å². The third kappa shape index (κ3) is 5.67. The Morgan fingerprint density at radius 1 is 1.14 bits per heavy atom. The molecule has 0 bridgehead atoms. The molecule has 0 amide bonds. The SMILES string of the molecule is CN(C)CCOCCNCc1ccn(-c2ccccc2)n1. The molecule has 0 saturated heterocycles. The first-order chi connectivity index (χ1) is 10.3. The Bertz CT molecular complexity index is 510. The van der Waals surface area contributed by atoms with Gasteiger partial charge in [-0.2, -0.15) is 5.10 Å². The number of hydrogen-bond donors (Lipinski definition) is 1. The molecule has 21 heavy (non-hydrogen) atoms. The first-order valence-corrected chi connectivity index (χ1v) is 7.29. The van der Waals surface area contributed by atoms with Crippen LogP contribution in [0.4, 0.5) is 0 Å². The number of nitrogens with one attached hydrogen (secondary N) is 1. The lowest BCUT2D eigenvalue weighted by Gasteiger charge is -2.09. The summed E-state index contributed by atoms with van der Waals surface area (Å²) in [6.45, 7) is 4.06. The van der Waals surface area contributed by atoms with Crippen LogP contribution in [0.25, 0.3) is 5.69 Å². The molecule has 1 aromatic carbocycles. The van der Waals surface area contributed by atoms with E-state index in [2.05, 4.69) is 15.3 Å². The number of aromatic nitrogens is 2. The van der Waals surface area contributed by atoms with Gasteiger partial charge in [0.05, 0.1) is 24.6 Å². The molecule has 0 saturated carbocycles. The molecule has 1 N–H and O–H groups in total. The second kappa shape index (κ2) is 8.56. The van der Waals surface area contributed by atoms with Crippen molar-refractivity contribution in [3.05, 3.63) is 48.3 Å². The van der Waals surface area contributed by atoms with Gasteiger partial charge in [0.2, 0.25) is 0 Å². The van der Waals surface area contributed by atoms with Crippen LogP contribution in [0.15, 0.2) is 42.6 Å². The van der Waals surface area contributed by atoms with E-state index in [1.807, 2.05) is 61.4 Å². The number of hydrogen-bond acceptors (Lipinski definition) is 4. The number of para-hydroxylation sites is 1. The number of rotatable bonds is 9. The van der Waals surface area contributed by atoms with Gasteiger partial charge in [-0.3, -0.25) is 0 Å². The third-order valence-electron chi connectivity index (χ3n) is 3.08. The molecule has 0 aliphatic rings. The molecule has 0 atom stereocenters. The highest BCUT2D eigenvalue weighted by molar-refractivity contribution is 5.30. The molecule has 0 fully saturated rings. The number of benzene rings is 1. The summed E-state index contributed by atoms with van der Waals surface area (Å²) < 4.78 is 7.42. The van der Waals surface area contributed by atoms with Gasteiger partial charge in [-0.05, 0) is 32.3 Å². The van der Waals surface area contributed by atoms with E-state index >= 15 is 0 Å². The zero-order valence-electron chi connectivity index (χ0n) is 12.8. The molecule has 114 valence electrons. The fourth-order valence-electron chi connectivity index (χ4n) is 1.89. The lowest BCUT2D eigenvalue weighted by Crippen LogP contribution is -2.23. The van der Waals surface area contributed by atoms with Crippen LogP contribution >= 0.6 is 0 Å². The van der Waals surface area contributed by atoms with Crippen molar-refractivity contribution in [1.82, 2.24) is 20.0 Å². The fraction of sp³-hybridized carbons (Fsp3) is 0.438. The molecule has 0 unspecified atom stereocenters. The number of likely N-dealkylation sites (N-methyl/N-ethyl adjacent to an activating group) is 1. The zero-order chi connectivity index (χ0) is 14.9. The summed E-state index contributed by atoms with van der Waals surface area (Å²) >= 11 is 0. The van der Waals surface area contributed by atoms with Crippen molar-refractivity contribution in [3.8, 4) is 5.69 Å². The van der Waals surface area contributed by atoms with Gasteiger partial charge >= 0.3 is 0 Å². The summed E-state index contributed by atoms with van der Waals surface area (Å²) in [7, 11) is 4.09. The van der Waals surface area contributed by atoms with Crippen molar-refractivity contribution >= 4 is 0 Å².